The van der Waals surface area contributed by atoms with E-state index in [1.807, 2.05) is 0 Å². The molecule has 6 nitrogen and oxygen atoms in total. The van der Waals surface area contributed by atoms with Gasteiger partial charge in [0.1, 0.15) is 5.75 Å². The Morgan fingerprint density at radius 2 is 1.63 bits per heavy atom. The molecule has 0 bridgehead atoms. The van der Waals surface area contributed by atoms with Gasteiger partial charge in [-0.2, -0.15) is 5.10 Å². The van der Waals surface area contributed by atoms with Crippen molar-refractivity contribution in [1.82, 2.24) is 5.43 Å². The lowest BCUT2D eigenvalue weighted by atomic mass is 10.2. The van der Waals surface area contributed by atoms with Crippen LogP contribution in [0, 0.1) is 0 Å². The Bertz CT molecular complexity index is 1040. The number of carbonyl (C=O) groups is 2. The lowest BCUT2D eigenvalue weighted by molar-refractivity contribution is -0.118. The second kappa shape index (κ2) is 10.6. The van der Waals surface area contributed by atoms with E-state index < -0.39 is 0 Å². The molecule has 0 saturated heterocycles. The topological polar surface area (TPSA) is 79.8 Å². The van der Waals surface area contributed by atoms with E-state index in [9.17, 15) is 9.59 Å². The number of anilines is 1. The van der Waals surface area contributed by atoms with Crippen LogP contribution < -0.4 is 15.5 Å². The van der Waals surface area contributed by atoms with Crippen molar-refractivity contribution in [2.45, 2.75) is 0 Å². The molecular weight excluding hydrogens is 470 g/mol. The molecular formula is C22H17BrClN3O3. The zero-order valence-electron chi connectivity index (χ0n) is 15.6. The maximum Gasteiger partial charge on any atom is 0.271 e. The van der Waals surface area contributed by atoms with Crippen molar-refractivity contribution in [2.75, 3.05) is 11.9 Å². The zero-order chi connectivity index (χ0) is 21.3. The summed E-state index contributed by atoms with van der Waals surface area (Å²) in [5.41, 5.74) is 4.39. The molecule has 0 spiro atoms. The van der Waals surface area contributed by atoms with Crippen molar-refractivity contribution >= 4 is 51.2 Å². The second-order valence-electron chi connectivity index (χ2n) is 6.12. The maximum atomic E-state index is 12.0. The third-order valence-electron chi connectivity index (χ3n) is 3.86. The monoisotopic (exact) mass is 485 g/mol. The van der Waals surface area contributed by atoms with E-state index >= 15 is 0 Å². The Labute approximate surface area is 187 Å². The summed E-state index contributed by atoms with van der Waals surface area (Å²) in [4.78, 5) is 23.9. The first-order valence-electron chi connectivity index (χ1n) is 8.87. The van der Waals surface area contributed by atoms with Crippen LogP contribution in [-0.4, -0.2) is 24.6 Å². The highest BCUT2D eigenvalue weighted by Crippen LogP contribution is 2.14. The molecule has 0 radical (unpaired) electrons. The Hall–Kier alpha value is -3.16. The quantitative estimate of drug-likeness (QED) is 0.369. The highest BCUT2D eigenvalue weighted by molar-refractivity contribution is 9.10. The molecule has 3 aromatic rings. The van der Waals surface area contributed by atoms with E-state index in [2.05, 4.69) is 31.8 Å². The molecule has 152 valence electrons. The SMILES string of the molecule is O=C(COc1ccc(/C=N/NC(=O)c2ccc(Br)cc2)cc1)Nc1ccc(Cl)cc1. The summed E-state index contributed by atoms with van der Waals surface area (Å²) in [5, 5.41) is 7.26. The average molecular weight is 487 g/mol. The number of nitrogens with one attached hydrogen (secondary N) is 2. The molecule has 0 aliphatic heterocycles. The molecule has 30 heavy (non-hydrogen) atoms. The number of benzene rings is 3. The van der Waals surface area contributed by atoms with E-state index in [1.165, 1.54) is 6.21 Å². The van der Waals surface area contributed by atoms with Gasteiger partial charge in [0.25, 0.3) is 11.8 Å². The largest absolute Gasteiger partial charge is 0.484 e. The normalized spacial score (nSPS) is 10.6. The van der Waals surface area contributed by atoms with Crippen LogP contribution in [0.1, 0.15) is 15.9 Å². The summed E-state index contributed by atoms with van der Waals surface area (Å²) in [6.07, 6.45) is 1.52. The standard InChI is InChI=1S/C22H17BrClN3O3/c23-17-5-3-16(4-6-17)22(29)27-25-13-15-1-11-20(12-2-15)30-14-21(28)26-19-9-7-18(24)8-10-19/h1-13H,14H2,(H,26,28)(H,27,29)/b25-13+. The van der Waals surface area contributed by atoms with E-state index in [-0.39, 0.29) is 18.4 Å². The number of hydrogen-bond donors (Lipinski definition) is 2. The van der Waals surface area contributed by atoms with Gasteiger partial charge in [0.2, 0.25) is 0 Å². The molecule has 0 aliphatic carbocycles. The fraction of sp³-hybridized carbons (Fsp3) is 0.0455. The molecule has 0 unspecified atom stereocenters. The van der Waals surface area contributed by atoms with Gasteiger partial charge in [-0.3, -0.25) is 9.59 Å². The molecule has 0 fully saturated rings. The number of hydrogen-bond acceptors (Lipinski definition) is 4. The number of amides is 2. The van der Waals surface area contributed by atoms with E-state index in [1.54, 1.807) is 72.8 Å². The first kappa shape index (κ1) is 21.5. The summed E-state index contributed by atoms with van der Waals surface area (Å²) >= 11 is 9.14. The van der Waals surface area contributed by atoms with Crippen LogP contribution >= 0.6 is 27.5 Å². The zero-order valence-corrected chi connectivity index (χ0v) is 18.0. The van der Waals surface area contributed by atoms with Gasteiger partial charge in [-0.05, 0) is 78.4 Å². The van der Waals surface area contributed by atoms with E-state index in [4.69, 9.17) is 16.3 Å². The molecule has 2 amide bonds. The molecule has 0 atom stereocenters. The molecule has 0 saturated carbocycles. The highest BCUT2D eigenvalue weighted by atomic mass is 79.9. The third kappa shape index (κ3) is 6.72. The van der Waals surface area contributed by atoms with Crippen LogP contribution in [0.2, 0.25) is 5.02 Å². The Morgan fingerprint density at radius 1 is 0.967 bits per heavy atom. The molecule has 3 aromatic carbocycles. The van der Waals surface area contributed by atoms with Crippen LogP contribution in [-0.2, 0) is 4.79 Å². The van der Waals surface area contributed by atoms with Crippen molar-refractivity contribution in [3.63, 3.8) is 0 Å². The third-order valence-corrected chi connectivity index (χ3v) is 4.64. The first-order chi connectivity index (χ1) is 14.5. The Balaban J connectivity index is 1.45. The highest BCUT2D eigenvalue weighted by Gasteiger charge is 2.05. The Kier molecular flexibility index (Phi) is 7.59. The van der Waals surface area contributed by atoms with Gasteiger partial charge in [-0.1, -0.05) is 27.5 Å². The van der Waals surface area contributed by atoms with Crippen LogP contribution in [0.15, 0.2) is 82.4 Å². The summed E-state index contributed by atoms with van der Waals surface area (Å²) in [7, 11) is 0. The minimum absolute atomic E-state index is 0.126. The van der Waals surface area contributed by atoms with Crippen molar-refractivity contribution in [2.24, 2.45) is 5.10 Å². The summed E-state index contributed by atoms with van der Waals surface area (Å²) in [6.45, 7) is -0.126. The Morgan fingerprint density at radius 3 is 2.30 bits per heavy atom. The number of nitrogens with zero attached hydrogens (tertiary/aromatic N) is 1. The smallest absolute Gasteiger partial charge is 0.271 e. The van der Waals surface area contributed by atoms with Crippen molar-refractivity contribution in [3.8, 4) is 5.75 Å². The number of halogens is 2. The van der Waals surface area contributed by atoms with Gasteiger partial charge in [-0.25, -0.2) is 5.43 Å². The minimum atomic E-state index is -0.301. The molecule has 3 rings (SSSR count). The predicted octanol–water partition coefficient (Wildman–Crippen LogP) is 4.88. The maximum absolute atomic E-state index is 12.0. The molecule has 2 N–H and O–H groups in total. The van der Waals surface area contributed by atoms with Crippen molar-refractivity contribution in [1.29, 1.82) is 0 Å². The molecule has 0 aliphatic rings. The van der Waals surface area contributed by atoms with Gasteiger partial charge in [0, 0.05) is 20.7 Å². The average Bonchev–Trinajstić information content (AvgIpc) is 2.75. The summed E-state index contributed by atoms with van der Waals surface area (Å²) in [6, 6.07) is 20.7. The second-order valence-corrected chi connectivity index (χ2v) is 7.47. The summed E-state index contributed by atoms with van der Waals surface area (Å²) in [5.74, 6) is -0.0404. The number of ether oxygens (including phenoxy) is 1. The van der Waals surface area contributed by atoms with Crippen LogP contribution in [0.25, 0.3) is 0 Å². The van der Waals surface area contributed by atoms with Crippen molar-refractivity contribution in [3.05, 3.63) is 93.4 Å². The first-order valence-corrected chi connectivity index (χ1v) is 10.0. The van der Waals surface area contributed by atoms with Crippen LogP contribution in [0.3, 0.4) is 0 Å². The fourth-order valence-corrected chi connectivity index (χ4v) is 2.75. The predicted molar refractivity (Wildman–Crippen MR) is 121 cm³/mol. The van der Waals surface area contributed by atoms with Crippen molar-refractivity contribution < 1.29 is 14.3 Å². The minimum Gasteiger partial charge on any atom is -0.484 e. The van der Waals surface area contributed by atoms with Gasteiger partial charge in [-0.15, -0.1) is 0 Å². The van der Waals surface area contributed by atoms with Crippen LogP contribution in [0.4, 0.5) is 5.69 Å². The lowest BCUT2D eigenvalue weighted by Crippen LogP contribution is -2.20. The van der Waals surface area contributed by atoms with Gasteiger partial charge in [0.05, 0.1) is 6.21 Å². The van der Waals surface area contributed by atoms with E-state index in [0.717, 1.165) is 10.0 Å². The number of rotatable bonds is 7. The summed E-state index contributed by atoms with van der Waals surface area (Å²) < 4.78 is 6.37. The lowest BCUT2D eigenvalue weighted by Gasteiger charge is -2.08. The van der Waals surface area contributed by atoms with Gasteiger partial charge >= 0.3 is 0 Å². The fourth-order valence-electron chi connectivity index (χ4n) is 2.36. The van der Waals surface area contributed by atoms with E-state index in [0.29, 0.717) is 22.0 Å². The van der Waals surface area contributed by atoms with Crippen LogP contribution in [0.5, 0.6) is 5.75 Å². The molecule has 0 aromatic heterocycles. The van der Waals surface area contributed by atoms with Gasteiger partial charge < -0.3 is 10.1 Å². The number of carbonyl (C=O) groups excluding carboxylic acids is 2. The molecule has 0 heterocycles. The number of hydrazone groups is 1. The molecule has 8 heteroatoms. The van der Waals surface area contributed by atoms with Gasteiger partial charge in [0.15, 0.2) is 6.61 Å².